The van der Waals surface area contributed by atoms with Crippen LogP contribution in [0.4, 0.5) is 0 Å². The van der Waals surface area contributed by atoms with Crippen molar-refractivity contribution in [2.45, 2.75) is 190 Å². The first-order valence-corrected chi connectivity index (χ1v) is 25.5. The highest BCUT2D eigenvalue weighted by molar-refractivity contribution is 5.84. The lowest BCUT2D eigenvalue weighted by atomic mass is 10.00. The Morgan fingerprint density at radius 1 is 0.388 bits per heavy atom. The number of hydrogen-bond acceptors (Lipinski definition) is 16. The molecule has 0 fully saturated rings. The van der Waals surface area contributed by atoms with Crippen molar-refractivity contribution in [3.05, 3.63) is 0 Å². The molecule has 0 aliphatic rings. The van der Waals surface area contributed by atoms with E-state index in [1.165, 1.54) is 0 Å². The van der Waals surface area contributed by atoms with Crippen molar-refractivity contribution in [2.75, 3.05) is 72.6 Å². The van der Waals surface area contributed by atoms with Crippen LogP contribution in [0, 0.1) is 0 Å². The molecule has 20 nitrogen and oxygen atoms in total. The largest absolute Gasteiger partial charge is 0.383 e. The lowest BCUT2D eigenvalue weighted by Crippen LogP contribution is -2.42. The number of unbranched alkanes of at least 4 members (excludes halogenated alkanes) is 8. The number of nitrogens with zero attached hydrogens (tertiary/aromatic N) is 1. The van der Waals surface area contributed by atoms with Crippen LogP contribution < -0.4 is 67.1 Å². The standard InChI is InChI=1S/C47H97N13O7/c1-67-35-34-60(32-16-30-58-46(65)38(52)20-4-2-6-24-42(61)36(50)18-10-14-28-56-44(63)40(54)22-8-12-26-48)33-17-31-59-47(66)39(53)21-5-3-7-25-43(62)37(51)19-11-15-29-57-45(64)41(55)23-9-13-27-49/h36-41H,2-35,48-55H2,1H3,(H,56,63)(H,57,64)(H,58,65)(H,59,66)/t36-,37-,38-,39-,40-,41-/m0/s1. The van der Waals surface area contributed by atoms with Crippen molar-refractivity contribution in [3.63, 3.8) is 0 Å². The van der Waals surface area contributed by atoms with Gasteiger partial charge in [0.1, 0.15) is 11.6 Å². The van der Waals surface area contributed by atoms with Gasteiger partial charge in [-0.2, -0.15) is 0 Å². The zero-order valence-electron chi connectivity index (χ0n) is 41.4. The van der Waals surface area contributed by atoms with Crippen LogP contribution in [0.15, 0.2) is 0 Å². The van der Waals surface area contributed by atoms with Gasteiger partial charge in [0, 0.05) is 52.7 Å². The van der Waals surface area contributed by atoms with E-state index in [1.54, 1.807) is 7.11 Å². The van der Waals surface area contributed by atoms with Gasteiger partial charge >= 0.3 is 0 Å². The summed E-state index contributed by atoms with van der Waals surface area (Å²) in [6.45, 7) is 5.90. The number of carbonyl (C=O) groups is 6. The third-order valence-electron chi connectivity index (χ3n) is 12.0. The van der Waals surface area contributed by atoms with E-state index in [4.69, 9.17) is 50.6 Å². The Bertz CT molecular complexity index is 1230. The molecular weight excluding hydrogens is 859 g/mol. The van der Waals surface area contributed by atoms with Crippen LogP contribution in [0.2, 0.25) is 0 Å². The van der Waals surface area contributed by atoms with Crippen molar-refractivity contribution in [1.29, 1.82) is 0 Å². The Kier molecular flexibility index (Phi) is 40.9. The van der Waals surface area contributed by atoms with Gasteiger partial charge in [-0.1, -0.05) is 38.5 Å². The van der Waals surface area contributed by atoms with Gasteiger partial charge < -0.3 is 76.8 Å². The summed E-state index contributed by atoms with van der Waals surface area (Å²) in [6.07, 6.45) is 16.3. The van der Waals surface area contributed by atoms with Gasteiger partial charge in [-0.05, 0) is 129 Å². The summed E-state index contributed by atoms with van der Waals surface area (Å²) in [5.74, 6) is -0.666. The maximum atomic E-state index is 12.6. The van der Waals surface area contributed by atoms with Crippen LogP contribution >= 0.6 is 0 Å². The summed E-state index contributed by atoms with van der Waals surface area (Å²) < 4.78 is 5.28. The minimum atomic E-state index is -0.621. The summed E-state index contributed by atoms with van der Waals surface area (Å²) in [5, 5.41) is 11.6. The van der Waals surface area contributed by atoms with Gasteiger partial charge in [-0.25, -0.2) is 0 Å². The molecule has 0 saturated carbocycles. The number of rotatable bonds is 47. The van der Waals surface area contributed by atoms with Gasteiger partial charge in [-0.3, -0.25) is 28.8 Å². The van der Waals surface area contributed by atoms with E-state index in [0.29, 0.717) is 110 Å². The van der Waals surface area contributed by atoms with Crippen LogP contribution in [0.25, 0.3) is 0 Å². The van der Waals surface area contributed by atoms with Gasteiger partial charge in [-0.15, -0.1) is 0 Å². The second-order valence-corrected chi connectivity index (χ2v) is 18.0. The Balaban J connectivity index is 4.10. The number of hydrogen-bond donors (Lipinski definition) is 12. The van der Waals surface area contributed by atoms with Crippen LogP contribution in [-0.4, -0.2) is 149 Å². The molecule has 0 aromatic heterocycles. The summed E-state index contributed by atoms with van der Waals surface area (Å²) in [4.78, 5) is 76.6. The first-order valence-electron chi connectivity index (χ1n) is 25.5. The number of ether oxygens (including phenoxy) is 1. The molecule has 0 aliphatic carbocycles. The molecule has 0 unspecified atom stereocenters. The molecule has 20 N–H and O–H groups in total. The van der Waals surface area contributed by atoms with E-state index in [1.807, 2.05) is 0 Å². The first-order chi connectivity index (χ1) is 32.2. The molecule has 4 amide bonds. The highest BCUT2D eigenvalue weighted by Gasteiger charge is 2.18. The molecule has 20 heteroatoms. The van der Waals surface area contributed by atoms with Crippen LogP contribution in [0.1, 0.15) is 154 Å². The van der Waals surface area contributed by atoms with Crippen LogP contribution in [0.5, 0.6) is 0 Å². The number of carbonyl (C=O) groups excluding carboxylic acids is 6. The monoisotopic (exact) mass is 956 g/mol. The second-order valence-electron chi connectivity index (χ2n) is 18.0. The summed E-state index contributed by atoms with van der Waals surface area (Å²) in [6, 6.07) is -3.34. The highest BCUT2D eigenvalue weighted by Crippen LogP contribution is 2.11. The van der Waals surface area contributed by atoms with Crippen molar-refractivity contribution in [2.24, 2.45) is 45.9 Å². The van der Waals surface area contributed by atoms with Crippen LogP contribution in [0.3, 0.4) is 0 Å². The zero-order chi connectivity index (χ0) is 50.1. The third kappa shape index (κ3) is 35.6. The number of Topliss-reactive ketones (excluding diaryl/α,β-unsaturated/α-hetero) is 2. The molecule has 0 aromatic rings. The fourth-order valence-corrected chi connectivity index (χ4v) is 7.43. The Morgan fingerprint density at radius 2 is 0.687 bits per heavy atom. The second kappa shape index (κ2) is 42.9. The molecule has 392 valence electrons. The smallest absolute Gasteiger partial charge is 0.236 e. The molecule has 0 aliphatic heterocycles. The normalized spacial score (nSPS) is 14.2. The molecule has 6 atom stereocenters. The summed E-state index contributed by atoms with van der Waals surface area (Å²) in [5.41, 5.74) is 47.3. The number of methoxy groups -OCH3 is 1. The van der Waals surface area contributed by atoms with Gasteiger partial charge in [0.05, 0.1) is 42.9 Å². The fraction of sp³-hybridized carbons (Fsp3) is 0.872. The van der Waals surface area contributed by atoms with E-state index in [-0.39, 0.29) is 35.2 Å². The summed E-state index contributed by atoms with van der Waals surface area (Å²) >= 11 is 0. The molecule has 0 spiro atoms. The minimum absolute atomic E-state index is 0.0236. The van der Waals surface area contributed by atoms with E-state index < -0.39 is 36.3 Å². The van der Waals surface area contributed by atoms with Crippen molar-refractivity contribution < 1.29 is 33.5 Å². The average molecular weight is 956 g/mol. The van der Waals surface area contributed by atoms with Crippen LogP contribution in [-0.2, 0) is 33.5 Å². The first kappa shape index (κ1) is 63.8. The maximum Gasteiger partial charge on any atom is 0.236 e. The number of ketones is 2. The Morgan fingerprint density at radius 3 is 1.01 bits per heavy atom. The van der Waals surface area contributed by atoms with Crippen molar-refractivity contribution >= 4 is 35.2 Å². The molecule has 0 aromatic carbocycles. The number of amides is 4. The number of nitrogens with one attached hydrogen (secondary N) is 4. The van der Waals surface area contributed by atoms with Gasteiger partial charge in [0.2, 0.25) is 23.6 Å². The zero-order valence-corrected chi connectivity index (χ0v) is 41.4. The predicted octanol–water partition coefficient (Wildman–Crippen LogP) is -0.219. The molecule has 0 bridgehead atoms. The molecule has 0 radical (unpaired) electrons. The van der Waals surface area contributed by atoms with Crippen molar-refractivity contribution in [3.8, 4) is 0 Å². The summed E-state index contributed by atoms with van der Waals surface area (Å²) in [7, 11) is 1.65. The highest BCUT2D eigenvalue weighted by atomic mass is 16.5. The lowest BCUT2D eigenvalue weighted by molar-refractivity contribution is -0.123. The maximum absolute atomic E-state index is 12.6. The van der Waals surface area contributed by atoms with E-state index in [2.05, 4.69) is 26.2 Å². The number of nitrogens with two attached hydrogens (primary N) is 8. The SMILES string of the molecule is COCCN(CCCNC(=O)[C@@H](N)CCCCCC(=O)[C@@H](N)CCCCNC(=O)[C@@H](N)CCCCN)CCCNC(=O)[C@@H](N)CCCCCC(=O)[C@@H](N)CCCCNC(=O)[C@@H](N)CCCCN. The minimum Gasteiger partial charge on any atom is -0.383 e. The molecular formula is C47H97N13O7. The third-order valence-corrected chi connectivity index (χ3v) is 12.0. The molecule has 0 rings (SSSR count). The van der Waals surface area contributed by atoms with Gasteiger partial charge in [0.25, 0.3) is 0 Å². The quantitative estimate of drug-likeness (QED) is 0.0351. The topological polar surface area (TPSA) is 371 Å². The van der Waals surface area contributed by atoms with E-state index >= 15 is 0 Å². The molecule has 67 heavy (non-hydrogen) atoms. The Hall–Kier alpha value is -3.18. The molecule has 0 heterocycles. The fourth-order valence-electron chi connectivity index (χ4n) is 7.43. The van der Waals surface area contributed by atoms with E-state index in [0.717, 1.165) is 110 Å². The lowest BCUT2D eigenvalue weighted by Gasteiger charge is -2.22. The van der Waals surface area contributed by atoms with E-state index in [9.17, 15) is 28.8 Å². The molecule has 0 saturated heterocycles. The predicted molar refractivity (Wildman–Crippen MR) is 267 cm³/mol. The van der Waals surface area contributed by atoms with Crippen molar-refractivity contribution in [1.82, 2.24) is 26.2 Å². The Labute approximate surface area is 402 Å². The van der Waals surface area contributed by atoms with Gasteiger partial charge in [0.15, 0.2) is 0 Å². The average Bonchev–Trinajstić information content (AvgIpc) is 3.31.